The number of imidazole rings is 1. The number of pyridine rings is 1. The number of rotatable bonds is 1. The first kappa shape index (κ1) is 11.6. The number of fused-ring (bicyclic) bond motifs is 2. The van der Waals surface area contributed by atoms with Crippen molar-refractivity contribution in [3.63, 3.8) is 0 Å². The number of nitrogens with zero attached hydrogens (tertiary/aromatic N) is 3. The van der Waals surface area contributed by atoms with Gasteiger partial charge in [0.1, 0.15) is 17.3 Å². The summed E-state index contributed by atoms with van der Waals surface area (Å²) in [6.45, 7) is 0. The third kappa shape index (κ3) is 1.84. The van der Waals surface area contributed by atoms with E-state index in [1.165, 1.54) is 0 Å². The zero-order valence-corrected chi connectivity index (χ0v) is 11.0. The average molecular weight is 270 g/mol. The van der Waals surface area contributed by atoms with Crippen molar-refractivity contribution in [3.8, 4) is 17.6 Å². The minimum atomic E-state index is 0.566. The molecule has 2 aromatic heterocycles. The Hall–Kier alpha value is -3.19. The van der Waals surface area contributed by atoms with Crippen LogP contribution in [0.3, 0.4) is 0 Å². The number of nitriles is 1. The molecular formula is C17H10N4. The van der Waals surface area contributed by atoms with Crippen LogP contribution in [-0.4, -0.2) is 15.0 Å². The van der Waals surface area contributed by atoms with Crippen molar-refractivity contribution < 1.29 is 0 Å². The summed E-state index contributed by atoms with van der Waals surface area (Å²) in [6.07, 6.45) is 0. The van der Waals surface area contributed by atoms with E-state index in [0.29, 0.717) is 16.9 Å². The van der Waals surface area contributed by atoms with E-state index in [4.69, 9.17) is 5.26 Å². The van der Waals surface area contributed by atoms with Gasteiger partial charge in [0.2, 0.25) is 0 Å². The van der Waals surface area contributed by atoms with Crippen LogP contribution in [0.2, 0.25) is 0 Å². The van der Waals surface area contributed by atoms with Crippen molar-refractivity contribution in [1.82, 2.24) is 15.0 Å². The van der Waals surface area contributed by atoms with Gasteiger partial charge >= 0.3 is 0 Å². The van der Waals surface area contributed by atoms with Gasteiger partial charge in [0.25, 0.3) is 0 Å². The Bertz CT molecular complexity index is 1010. The number of aromatic amines is 1. The highest BCUT2D eigenvalue weighted by Gasteiger charge is 2.09. The maximum Gasteiger partial charge on any atom is 0.157 e. The molecule has 0 amide bonds. The van der Waals surface area contributed by atoms with E-state index in [9.17, 15) is 0 Å². The summed E-state index contributed by atoms with van der Waals surface area (Å²) in [6, 6.07) is 19.6. The van der Waals surface area contributed by atoms with Crippen LogP contribution in [0.5, 0.6) is 0 Å². The Morgan fingerprint density at radius 2 is 1.81 bits per heavy atom. The van der Waals surface area contributed by atoms with Crippen LogP contribution < -0.4 is 0 Å². The van der Waals surface area contributed by atoms with Crippen molar-refractivity contribution in [3.05, 3.63) is 60.2 Å². The summed E-state index contributed by atoms with van der Waals surface area (Å²) < 4.78 is 0. The van der Waals surface area contributed by atoms with E-state index < -0.39 is 0 Å². The van der Waals surface area contributed by atoms with Crippen LogP contribution in [-0.2, 0) is 0 Å². The molecule has 4 heteroatoms. The van der Waals surface area contributed by atoms with Gasteiger partial charge in [-0.15, -0.1) is 0 Å². The lowest BCUT2D eigenvalue weighted by atomic mass is 10.2. The molecule has 0 unspecified atom stereocenters. The number of H-pyrrole nitrogens is 1. The Labute approximate surface area is 120 Å². The molecule has 4 rings (SSSR count). The Balaban J connectivity index is 1.94. The molecule has 2 heterocycles. The van der Waals surface area contributed by atoms with Gasteiger partial charge in [-0.2, -0.15) is 5.26 Å². The molecule has 21 heavy (non-hydrogen) atoms. The van der Waals surface area contributed by atoms with E-state index in [2.05, 4.69) is 21.0 Å². The van der Waals surface area contributed by atoms with Crippen LogP contribution in [0.15, 0.2) is 54.6 Å². The van der Waals surface area contributed by atoms with Crippen LogP contribution in [0.1, 0.15) is 5.56 Å². The molecule has 0 fully saturated rings. The standard InChI is InChI=1S/C17H10N4/c18-10-12-5-3-7-14-16(12)21-17(20-14)15-9-8-11-4-1-2-6-13(11)19-15/h1-9H,(H,20,21). The average Bonchev–Trinajstić information content (AvgIpc) is 2.98. The molecule has 0 aliphatic heterocycles. The molecule has 0 aliphatic rings. The molecule has 4 aromatic rings. The third-order valence-corrected chi connectivity index (χ3v) is 3.47. The molecule has 0 spiro atoms. The first-order valence-corrected chi connectivity index (χ1v) is 6.60. The van der Waals surface area contributed by atoms with Crippen LogP contribution in [0.25, 0.3) is 33.5 Å². The highest BCUT2D eigenvalue weighted by molar-refractivity contribution is 5.85. The number of benzene rings is 2. The van der Waals surface area contributed by atoms with Crippen LogP contribution in [0, 0.1) is 11.3 Å². The summed E-state index contributed by atoms with van der Waals surface area (Å²) in [5, 5.41) is 10.2. The fraction of sp³-hybridized carbons (Fsp3) is 0. The lowest BCUT2D eigenvalue weighted by Gasteiger charge is -1.99. The van der Waals surface area contributed by atoms with Crippen LogP contribution >= 0.6 is 0 Å². The predicted molar refractivity (Wildman–Crippen MR) is 81.5 cm³/mol. The van der Waals surface area contributed by atoms with Gasteiger partial charge in [0.15, 0.2) is 5.82 Å². The van der Waals surface area contributed by atoms with Gasteiger partial charge in [0, 0.05) is 5.39 Å². The highest BCUT2D eigenvalue weighted by Crippen LogP contribution is 2.23. The summed E-state index contributed by atoms with van der Waals surface area (Å²) in [5.74, 6) is 0.679. The number of nitrogens with one attached hydrogen (secondary N) is 1. The lowest BCUT2D eigenvalue weighted by Crippen LogP contribution is -1.86. The number of hydrogen-bond acceptors (Lipinski definition) is 3. The van der Waals surface area contributed by atoms with Crippen LogP contribution in [0.4, 0.5) is 0 Å². The molecule has 0 radical (unpaired) electrons. The normalized spacial score (nSPS) is 10.8. The molecule has 0 saturated heterocycles. The monoisotopic (exact) mass is 270 g/mol. The summed E-state index contributed by atoms with van der Waals surface area (Å²) in [7, 11) is 0. The predicted octanol–water partition coefficient (Wildman–Crippen LogP) is 3.65. The van der Waals surface area contributed by atoms with Gasteiger partial charge in [-0.25, -0.2) is 9.97 Å². The molecule has 98 valence electrons. The lowest BCUT2D eigenvalue weighted by molar-refractivity contribution is 1.27. The number of para-hydroxylation sites is 2. The van der Waals surface area contributed by atoms with Gasteiger partial charge < -0.3 is 4.98 Å². The van der Waals surface area contributed by atoms with E-state index in [1.807, 2.05) is 48.5 Å². The third-order valence-electron chi connectivity index (χ3n) is 3.47. The van der Waals surface area contributed by atoms with E-state index >= 15 is 0 Å². The molecule has 1 N–H and O–H groups in total. The molecule has 4 nitrogen and oxygen atoms in total. The molecule has 0 aliphatic carbocycles. The molecule has 0 atom stereocenters. The van der Waals surface area contributed by atoms with Crippen molar-refractivity contribution in [2.45, 2.75) is 0 Å². The second-order valence-corrected chi connectivity index (χ2v) is 4.79. The maximum atomic E-state index is 9.14. The molecule has 2 aromatic carbocycles. The summed E-state index contributed by atoms with van der Waals surface area (Å²) in [5.41, 5.74) is 3.80. The van der Waals surface area contributed by atoms with Gasteiger partial charge in [-0.05, 0) is 24.3 Å². The first-order chi connectivity index (χ1) is 10.3. The van der Waals surface area contributed by atoms with Crippen molar-refractivity contribution in [2.24, 2.45) is 0 Å². The maximum absolute atomic E-state index is 9.14. The highest BCUT2D eigenvalue weighted by atomic mass is 14.9. The fourth-order valence-corrected chi connectivity index (χ4v) is 2.44. The second kappa shape index (κ2) is 4.43. The van der Waals surface area contributed by atoms with E-state index in [0.717, 1.165) is 22.1 Å². The zero-order chi connectivity index (χ0) is 14.2. The second-order valence-electron chi connectivity index (χ2n) is 4.79. The van der Waals surface area contributed by atoms with Crippen molar-refractivity contribution in [2.75, 3.05) is 0 Å². The quantitative estimate of drug-likeness (QED) is 0.574. The van der Waals surface area contributed by atoms with Gasteiger partial charge in [0.05, 0.1) is 16.6 Å². The van der Waals surface area contributed by atoms with Gasteiger partial charge in [-0.1, -0.05) is 30.3 Å². The smallest absolute Gasteiger partial charge is 0.157 e. The summed E-state index contributed by atoms with van der Waals surface area (Å²) in [4.78, 5) is 12.4. The topological polar surface area (TPSA) is 65.4 Å². The number of aromatic nitrogens is 3. The van der Waals surface area contributed by atoms with Gasteiger partial charge in [-0.3, -0.25) is 0 Å². The Morgan fingerprint density at radius 1 is 0.905 bits per heavy atom. The molecule has 0 saturated carbocycles. The van der Waals surface area contributed by atoms with Crippen molar-refractivity contribution >= 4 is 21.9 Å². The largest absolute Gasteiger partial charge is 0.337 e. The SMILES string of the molecule is N#Cc1cccc2[nH]c(-c3ccc4ccccc4n3)nc12. The van der Waals surface area contributed by atoms with E-state index in [1.54, 1.807) is 6.07 Å². The molecular weight excluding hydrogens is 260 g/mol. The Morgan fingerprint density at radius 3 is 2.71 bits per heavy atom. The first-order valence-electron chi connectivity index (χ1n) is 6.60. The summed E-state index contributed by atoms with van der Waals surface area (Å²) >= 11 is 0. The zero-order valence-electron chi connectivity index (χ0n) is 11.0. The molecule has 0 bridgehead atoms. The fourth-order valence-electron chi connectivity index (χ4n) is 2.44. The van der Waals surface area contributed by atoms with E-state index in [-0.39, 0.29) is 0 Å². The Kier molecular flexibility index (Phi) is 2.45. The van der Waals surface area contributed by atoms with Crippen molar-refractivity contribution in [1.29, 1.82) is 5.26 Å². The minimum Gasteiger partial charge on any atom is -0.337 e. The minimum absolute atomic E-state index is 0.566. The number of hydrogen-bond donors (Lipinski definition) is 1.